The van der Waals surface area contributed by atoms with Gasteiger partial charge in [0.05, 0.1) is 13.3 Å². The molecule has 2 rings (SSSR count). The second-order valence-electron chi connectivity index (χ2n) is 7.74. The smallest absolute Gasteiger partial charge is 0.336 e. The van der Waals surface area contributed by atoms with Gasteiger partial charge in [-0.3, -0.25) is 4.79 Å². The molecule has 176 valence electrons. The van der Waals surface area contributed by atoms with Crippen LogP contribution in [0.2, 0.25) is 0 Å². The van der Waals surface area contributed by atoms with E-state index in [1.807, 2.05) is 30.3 Å². The van der Waals surface area contributed by atoms with Gasteiger partial charge in [-0.1, -0.05) is 75.8 Å². The normalized spacial score (nSPS) is 11.1. The molecular weight excluding hydrogens is 416 g/mol. The lowest BCUT2D eigenvalue weighted by Gasteiger charge is -2.08. The summed E-state index contributed by atoms with van der Waals surface area (Å²) in [5.74, 6) is 0.105. The van der Waals surface area contributed by atoms with Gasteiger partial charge in [0.25, 0.3) is 0 Å². The highest BCUT2D eigenvalue weighted by molar-refractivity contribution is 5.89. The SMILES string of the molecule is CCCCCCCCCC(=O)NN=Cc1ccc(OC(=O)C=Cc2ccccc2)c(OC)c1. The third kappa shape index (κ3) is 10.6. The van der Waals surface area contributed by atoms with Gasteiger partial charge >= 0.3 is 5.97 Å². The van der Waals surface area contributed by atoms with E-state index in [0.717, 1.165) is 18.4 Å². The van der Waals surface area contributed by atoms with E-state index in [4.69, 9.17) is 9.47 Å². The van der Waals surface area contributed by atoms with Gasteiger partial charge in [0.1, 0.15) is 0 Å². The minimum atomic E-state index is -0.504. The van der Waals surface area contributed by atoms with Crippen LogP contribution in [0.15, 0.2) is 59.7 Å². The summed E-state index contributed by atoms with van der Waals surface area (Å²) in [6.45, 7) is 2.20. The lowest BCUT2D eigenvalue weighted by atomic mass is 10.1. The van der Waals surface area contributed by atoms with Crippen molar-refractivity contribution in [2.75, 3.05) is 7.11 Å². The average molecular weight is 451 g/mol. The molecule has 0 saturated heterocycles. The third-order valence-corrected chi connectivity index (χ3v) is 5.02. The van der Waals surface area contributed by atoms with Crippen LogP contribution in [0.4, 0.5) is 0 Å². The van der Waals surface area contributed by atoms with Crippen molar-refractivity contribution in [1.29, 1.82) is 0 Å². The number of methoxy groups -OCH3 is 1. The largest absolute Gasteiger partial charge is 0.493 e. The Hall–Kier alpha value is -3.41. The van der Waals surface area contributed by atoms with Gasteiger partial charge < -0.3 is 9.47 Å². The maximum atomic E-state index is 12.1. The predicted molar refractivity (Wildman–Crippen MR) is 132 cm³/mol. The van der Waals surface area contributed by atoms with Crippen LogP contribution in [0, 0.1) is 0 Å². The van der Waals surface area contributed by atoms with Gasteiger partial charge in [0, 0.05) is 12.5 Å². The molecule has 1 N–H and O–H groups in total. The highest BCUT2D eigenvalue weighted by Gasteiger charge is 2.09. The highest BCUT2D eigenvalue weighted by Crippen LogP contribution is 2.27. The molecule has 33 heavy (non-hydrogen) atoms. The number of hydrogen-bond acceptors (Lipinski definition) is 5. The van der Waals surface area contributed by atoms with Crippen molar-refractivity contribution in [2.24, 2.45) is 5.10 Å². The van der Waals surface area contributed by atoms with Crippen molar-refractivity contribution in [3.8, 4) is 11.5 Å². The molecule has 0 aromatic heterocycles. The summed E-state index contributed by atoms with van der Waals surface area (Å²) in [4.78, 5) is 24.0. The number of hydrogen-bond donors (Lipinski definition) is 1. The molecular formula is C27H34N2O4. The Balaban J connectivity index is 1.78. The van der Waals surface area contributed by atoms with E-state index < -0.39 is 5.97 Å². The number of nitrogens with one attached hydrogen (secondary N) is 1. The number of hydrazone groups is 1. The summed E-state index contributed by atoms with van der Waals surface area (Å²) >= 11 is 0. The number of carbonyl (C=O) groups excluding carboxylic acids is 2. The van der Waals surface area contributed by atoms with Crippen molar-refractivity contribution < 1.29 is 19.1 Å². The first-order chi connectivity index (χ1) is 16.1. The molecule has 0 aliphatic rings. The molecule has 6 nitrogen and oxygen atoms in total. The predicted octanol–water partition coefficient (Wildman–Crippen LogP) is 5.90. The van der Waals surface area contributed by atoms with Crippen LogP contribution in [-0.2, 0) is 9.59 Å². The summed E-state index contributed by atoms with van der Waals surface area (Å²) < 4.78 is 10.7. The van der Waals surface area contributed by atoms with Crippen molar-refractivity contribution in [3.63, 3.8) is 0 Å². The maximum absolute atomic E-state index is 12.1. The zero-order valence-electron chi connectivity index (χ0n) is 19.6. The van der Waals surface area contributed by atoms with Crippen molar-refractivity contribution in [1.82, 2.24) is 5.43 Å². The summed E-state index contributed by atoms with van der Waals surface area (Å²) in [6, 6.07) is 14.5. The Morgan fingerprint density at radius 2 is 1.64 bits per heavy atom. The fraction of sp³-hybridized carbons (Fsp3) is 0.370. The monoisotopic (exact) mass is 450 g/mol. The van der Waals surface area contributed by atoms with Crippen LogP contribution in [0.5, 0.6) is 11.5 Å². The summed E-state index contributed by atoms with van der Waals surface area (Å²) in [5, 5.41) is 4.01. The van der Waals surface area contributed by atoms with Crippen molar-refractivity contribution >= 4 is 24.2 Å². The van der Waals surface area contributed by atoms with E-state index in [1.165, 1.54) is 51.5 Å². The topological polar surface area (TPSA) is 77.0 Å². The number of esters is 1. The summed E-state index contributed by atoms with van der Waals surface area (Å²) in [7, 11) is 1.50. The fourth-order valence-corrected chi connectivity index (χ4v) is 3.20. The second-order valence-corrected chi connectivity index (χ2v) is 7.74. The Morgan fingerprint density at radius 1 is 0.909 bits per heavy atom. The molecule has 0 fully saturated rings. The number of amides is 1. The van der Waals surface area contributed by atoms with Crippen LogP contribution in [-0.4, -0.2) is 25.2 Å². The Labute approximate surface area is 196 Å². The minimum Gasteiger partial charge on any atom is -0.493 e. The number of ether oxygens (including phenoxy) is 2. The molecule has 0 atom stereocenters. The first-order valence-corrected chi connectivity index (χ1v) is 11.6. The maximum Gasteiger partial charge on any atom is 0.336 e. The molecule has 0 aliphatic carbocycles. The molecule has 0 saturated carbocycles. The Bertz CT molecular complexity index is 923. The number of unbranched alkanes of at least 4 members (excludes halogenated alkanes) is 6. The van der Waals surface area contributed by atoms with Crippen LogP contribution < -0.4 is 14.9 Å². The quantitative estimate of drug-likeness (QED) is 0.0970. The highest BCUT2D eigenvalue weighted by atomic mass is 16.6. The van der Waals surface area contributed by atoms with Crippen LogP contribution in [0.1, 0.15) is 69.4 Å². The zero-order valence-corrected chi connectivity index (χ0v) is 19.6. The van der Waals surface area contributed by atoms with E-state index in [1.54, 1.807) is 24.3 Å². The Kier molecular flexibility index (Phi) is 12.1. The lowest BCUT2D eigenvalue weighted by Crippen LogP contribution is -2.16. The molecule has 2 aromatic rings. The minimum absolute atomic E-state index is 0.0949. The van der Waals surface area contributed by atoms with Gasteiger partial charge in [-0.2, -0.15) is 5.10 Å². The molecule has 1 amide bonds. The molecule has 0 unspecified atom stereocenters. The number of rotatable bonds is 14. The summed E-state index contributed by atoms with van der Waals surface area (Å²) in [5.41, 5.74) is 4.17. The number of benzene rings is 2. The average Bonchev–Trinajstić information content (AvgIpc) is 2.83. The fourth-order valence-electron chi connectivity index (χ4n) is 3.20. The van der Waals surface area contributed by atoms with Gasteiger partial charge in [0.2, 0.25) is 5.91 Å². The van der Waals surface area contributed by atoms with Crippen LogP contribution in [0.25, 0.3) is 6.08 Å². The molecule has 6 heteroatoms. The summed E-state index contributed by atoms with van der Waals surface area (Å²) in [6.07, 6.45) is 13.2. The van der Waals surface area contributed by atoms with Gasteiger partial charge in [-0.05, 0) is 41.8 Å². The first kappa shape index (κ1) is 25.8. The van der Waals surface area contributed by atoms with Crippen LogP contribution >= 0.6 is 0 Å². The Morgan fingerprint density at radius 3 is 2.36 bits per heavy atom. The van der Waals surface area contributed by atoms with Gasteiger partial charge in [-0.25, -0.2) is 10.2 Å². The molecule has 0 bridgehead atoms. The molecule has 0 heterocycles. The van der Waals surface area contributed by atoms with Crippen molar-refractivity contribution in [3.05, 3.63) is 65.7 Å². The van der Waals surface area contributed by atoms with E-state index in [-0.39, 0.29) is 5.91 Å². The van der Waals surface area contributed by atoms with Gasteiger partial charge in [-0.15, -0.1) is 0 Å². The molecule has 2 aromatic carbocycles. The first-order valence-electron chi connectivity index (χ1n) is 11.6. The number of carbonyl (C=O) groups is 2. The number of nitrogens with zero attached hydrogens (tertiary/aromatic N) is 1. The molecule has 0 radical (unpaired) electrons. The van der Waals surface area contributed by atoms with E-state index in [0.29, 0.717) is 23.5 Å². The van der Waals surface area contributed by atoms with Crippen LogP contribution in [0.3, 0.4) is 0 Å². The molecule has 0 spiro atoms. The molecule has 0 aliphatic heterocycles. The zero-order chi connectivity index (χ0) is 23.7. The van der Waals surface area contributed by atoms with E-state index >= 15 is 0 Å². The third-order valence-electron chi connectivity index (χ3n) is 5.02. The van der Waals surface area contributed by atoms with Gasteiger partial charge in [0.15, 0.2) is 11.5 Å². The second kappa shape index (κ2) is 15.4. The standard InChI is InChI=1S/C27H34N2O4/c1-3-4-5-6-7-8-12-15-26(30)29-28-21-23-16-18-24(25(20-23)32-2)33-27(31)19-17-22-13-10-9-11-14-22/h9-11,13-14,16-21H,3-8,12,15H2,1-2H3,(H,29,30). The lowest BCUT2D eigenvalue weighted by molar-refractivity contribution is -0.129. The van der Waals surface area contributed by atoms with Crippen molar-refractivity contribution in [2.45, 2.75) is 58.3 Å². The van der Waals surface area contributed by atoms with E-state index in [2.05, 4.69) is 17.5 Å². The van der Waals surface area contributed by atoms with E-state index in [9.17, 15) is 9.59 Å².